The van der Waals surface area contributed by atoms with Crippen molar-refractivity contribution in [2.75, 3.05) is 0 Å². The van der Waals surface area contributed by atoms with Crippen LogP contribution in [0.2, 0.25) is 0 Å². The van der Waals surface area contributed by atoms with E-state index < -0.39 is 0 Å². The lowest BCUT2D eigenvalue weighted by Crippen LogP contribution is -2.40. The number of nitrogens with zero attached hydrogens (tertiary/aromatic N) is 3. The zero-order valence-corrected chi connectivity index (χ0v) is 18.8. The number of fused-ring (bicyclic) bond motifs is 1. The molecule has 1 saturated heterocycles. The normalized spacial score (nSPS) is 31.1. The SMILES string of the molecule is Cc1c(/C=N\N2C(=O)[C@@H]3[C@H]4C=C[C@@H]([C@@H]5C[C@H]45)[C@@H]3C2=O)c2ccccc2n1Cc1ccc(F)cc1. The molecule has 34 heavy (non-hydrogen) atoms. The van der Waals surface area contributed by atoms with Crippen molar-refractivity contribution in [3.8, 4) is 0 Å². The van der Waals surface area contributed by atoms with Crippen molar-refractivity contribution < 1.29 is 14.0 Å². The zero-order valence-electron chi connectivity index (χ0n) is 18.8. The number of amides is 2. The van der Waals surface area contributed by atoms with E-state index in [0.29, 0.717) is 18.4 Å². The van der Waals surface area contributed by atoms with E-state index in [0.717, 1.165) is 39.2 Å². The summed E-state index contributed by atoms with van der Waals surface area (Å²) in [6.07, 6.45) is 7.16. The zero-order chi connectivity index (χ0) is 23.1. The van der Waals surface area contributed by atoms with Crippen molar-refractivity contribution in [2.24, 2.45) is 40.6 Å². The molecule has 2 aromatic carbocycles. The smallest absolute Gasteiger partial charge is 0.254 e. The van der Waals surface area contributed by atoms with Gasteiger partial charge in [-0.25, -0.2) is 4.39 Å². The fourth-order valence-electron chi connectivity index (χ4n) is 6.77. The van der Waals surface area contributed by atoms with Crippen molar-refractivity contribution in [1.82, 2.24) is 9.58 Å². The van der Waals surface area contributed by atoms with Gasteiger partial charge in [-0.15, -0.1) is 0 Å². The first-order valence-corrected chi connectivity index (χ1v) is 12.0. The molecule has 2 saturated carbocycles. The van der Waals surface area contributed by atoms with Crippen LogP contribution >= 0.6 is 0 Å². The Morgan fingerprint density at radius 1 is 0.971 bits per heavy atom. The first-order chi connectivity index (χ1) is 16.5. The molecular weight excluding hydrogens is 429 g/mol. The predicted molar refractivity (Wildman–Crippen MR) is 126 cm³/mol. The lowest BCUT2D eigenvalue weighted by atomic mass is 9.63. The summed E-state index contributed by atoms with van der Waals surface area (Å²) < 4.78 is 15.5. The van der Waals surface area contributed by atoms with Gasteiger partial charge in [-0.3, -0.25) is 9.59 Å². The number of halogens is 1. The molecular formula is C28H24FN3O2. The van der Waals surface area contributed by atoms with Gasteiger partial charge >= 0.3 is 0 Å². The van der Waals surface area contributed by atoms with Gasteiger partial charge in [-0.2, -0.15) is 10.1 Å². The number of imide groups is 1. The molecule has 0 spiro atoms. The van der Waals surface area contributed by atoms with Gasteiger partial charge in [0.25, 0.3) is 11.8 Å². The van der Waals surface area contributed by atoms with Crippen LogP contribution in [0.3, 0.4) is 0 Å². The Bertz CT molecular complexity index is 1380. The average Bonchev–Trinajstić information content (AvgIpc) is 3.59. The molecule has 2 bridgehead atoms. The number of aromatic nitrogens is 1. The Balaban J connectivity index is 1.24. The van der Waals surface area contributed by atoms with Gasteiger partial charge < -0.3 is 4.57 Å². The summed E-state index contributed by atoms with van der Waals surface area (Å²) in [5.74, 6) is 0.479. The predicted octanol–water partition coefficient (Wildman–Crippen LogP) is 4.52. The monoisotopic (exact) mass is 453 g/mol. The van der Waals surface area contributed by atoms with Crippen LogP contribution in [-0.2, 0) is 16.1 Å². The summed E-state index contributed by atoms with van der Waals surface area (Å²) in [6.45, 7) is 2.60. The highest BCUT2D eigenvalue weighted by Gasteiger charge is 2.67. The third-order valence-electron chi connectivity index (χ3n) is 8.48. The number of para-hydroxylation sites is 1. The van der Waals surface area contributed by atoms with E-state index in [1.807, 2.05) is 31.2 Å². The lowest BCUT2D eigenvalue weighted by Gasteiger charge is -2.37. The van der Waals surface area contributed by atoms with Crippen LogP contribution in [-0.4, -0.2) is 27.6 Å². The van der Waals surface area contributed by atoms with Gasteiger partial charge in [-0.05, 0) is 60.8 Å². The molecule has 1 aromatic heterocycles. The van der Waals surface area contributed by atoms with E-state index in [9.17, 15) is 14.0 Å². The molecule has 0 unspecified atom stereocenters. The van der Waals surface area contributed by atoms with Gasteiger partial charge in [0.15, 0.2) is 0 Å². The molecule has 170 valence electrons. The number of hydrazone groups is 1. The molecule has 4 aliphatic carbocycles. The molecule has 2 heterocycles. The van der Waals surface area contributed by atoms with Gasteiger partial charge in [0.1, 0.15) is 5.82 Å². The van der Waals surface area contributed by atoms with Gasteiger partial charge in [0.2, 0.25) is 0 Å². The fraction of sp³-hybridized carbons (Fsp3) is 0.321. The summed E-state index contributed by atoms with van der Waals surface area (Å²) in [5, 5.41) is 6.62. The van der Waals surface area contributed by atoms with E-state index in [1.165, 1.54) is 12.1 Å². The van der Waals surface area contributed by atoms with Crippen molar-refractivity contribution >= 4 is 28.9 Å². The second kappa shape index (κ2) is 6.98. The maximum Gasteiger partial charge on any atom is 0.254 e. The van der Waals surface area contributed by atoms with Crippen molar-refractivity contribution in [3.63, 3.8) is 0 Å². The van der Waals surface area contributed by atoms with Crippen molar-refractivity contribution in [3.05, 3.63) is 83.3 Å². The fourth-order valence-corrected chi connectivity index (χ4v) is 6.77. The largest absolute Gasteiger partial charge is 0.340 e. The molecule has 8 rings (SSSR count). The number of allylic oxidation sites excluding steroid dienone is 2. The highest BCUT2D eigenvalue weighted by molar-refractivity contribution is 6.08. The van der Waals surface area contributed by atoms with E-state index in [2.05, 4.69) is 21.8 Å². The van der Waals surface area contributed by atoms with E-state index in [4.69, 9.17) is 0 Å². The second-order valence-corrected chi connectivity index (χ2v) is 10.1. The highest BCUT2D eigenvalue weighted by atomic mass is 19.1. The maximum absolute atomic E-state index is 13.4. The van der Waals surface area contributed by atoms with Crippen LogP contribution in [0.4, 0.5) is 4.39 Å². The first kappa shape index (κ1) is 19.9. The quantitative estimate of drug-likeness (QED) is 0.331. The number of rotatable bonds is 4. The summed E-state index contributed by atoms with van der Waals surface area (Å²) in [7, 11) is 0. The Morgan fingerprint density at radius 3 is 2.29 bits per heavy atom. The van der Waals surface area contributed by atoms with Crippen molar-refractivity contribution in [2.45, 2.75) is 19.9 Å². The molecule has 3 aromatic rings. The van der Waals surface area contributed by atoms with Gasteiger partial charge in [0, 0.05) is 28.7 Å². The third kappa shape index (κ3) is 2.68. The number of carbonyl (C=O) groups is 2. The number of benzene rings is 2. The molecule has 5 aliphatic rings. The Morgan fingerprint density at radius 2 is 1.62 bits per heavy atom. The second-order valence-electron chi connectivity index (χ2n) is 10.1. The topological polar surface area (TPSA) is 54.7 Å². The minimum Gasteiger partial charge on any atom is -0.340 e. The van der Waals surface area contributed by atoms with Crippen LogP contribution in [0.25, 0.3) is 10.9 Å². The summed E-state index contributed by atoms with van der Waals surface area (Å²) in [4.78, 5) is 26.5. The molecule has 1 aliphatic heterocycles. The minimum absolute atomic E-state index is 0.149. The molecule has 2 amide bonds. The molecule has 6 heteroatoms. The lowest BCUT2D eigenvalue weighted by molar-refractivity contribution is -0.140. The number of hydrogen-bond acceptors (Lipinski definition) is 3. The Hall–Kier alpha value is -3.54. The van der Waals surface area contributed by atoms with Crippen LogP contribution < -0.4 is 0 Å². The Labute approximate surface area is 196 Å². The van der Waals surface area contributed by atoms with Crippen molar-refractivity contribution in [1.29, 1.82) is 0 Å². The summed E-state index contributed by atoms with van der Waals surface area (Å²) in [5.41, 5.74) is 3.89. The highest BCUT2D eigenvalue weighted by Crippen LogP contribution is 2.65. The number of hydrogen-bond donors (Lipinski definition) is 0. The molecule has 3 fully saturated rings. The van der Waals surface area contributed by atoms with E-state index in [1.54, 1.807) is 18.3 Å². The van der Waals surface area contributed by atoms with E-state index >= 15 is 0 Å². The molecule has 6 atom stereocenters. The van der Waals surface area contributed by atoms with Gasteiger partial charge in [0.05, 0.1) is 18.1 Å². The van der Waals surface area contributed by atoms with Crippen LogP contribution in [0, 0.1) is 48.2 Å². The van der Waals surface area contributed by atoms with E-state index in [-0.39, 0.29) is 41.3 Å². The summed E-state index contributed by atoms with van der Waals surface area (Å²) >= 11 is 0. The van der Waals surface area contributed by atoms with Crippen LogP contribution in [0.5, 0.6) is 0 Å². The number of carbonyl (C=O) groups excluding carboxylic acids is 2. The first-order valence-electron chi connectivity index (χ1n) is 12.0. The molecule has 0 radical (unpaired) electrons. The summed E-state index contributed by atoms with van der Waals surface area (Å²) in [6, 6.07) is 14.5. The third-order valence-corrected chi connectivity index (χ3v) is 8.48. The van der Waals surface area contributed by atoms with Gasteiger partial charge in [-0.1, -0.05) is 42.5 Å². The van der Waals surface area contributed by atoms with Crippen LogP contribution in [0.15, 0.2) is 65.8 Å². The maximum atomic E-state index is 13.4. The average molecular weight is 454 g/mol. The Kier molecular flexibility index (Phi) is 4.08. The van der Waals surface area contributed by atoms with Crippen LogP contribution in [0.1, 0.15) is 23.2 Å². The molecule has 5 nitrogen and oxygen atoms in total. The minimum atomic E-state index is -0.257. The standard InChI is InChI=1S/C28H24FN3O2/c1-15-23(18-4-2-3-5-24(18)31(15)14-16-6-8-17(29)9-7-16)13-30-32-27(33)25-19-10-11-20(22-12-21(19)22)26(25)28(32)34/h2-11,13,19-22,25-26H,12,14H2,1H3/b30-13-/t19-,20-,21-,22+,25-,26+/m0/s1. The molecule has 0 N–H and O–H groups in total.